The minimum atomic E-state index is -0.826. The van der Waals surface area contributed by atoms with Crippen molar-refractivity contribution in [2.24, 2.45) is 0 Å². The first kappa shape index (κ1) is 41.4. The summed E-state index contributed by atoms with van der Waals surface area (Å²) in [5.74, 6) is 3.26. The SMILES string of the molecule is C#C/C(=C\C=C(/C)c1ccccc1)N(c1cc2c(c3oc4ccccc4c13)-c1c(ccc3c1oc1ccccc13)C2(c1ccccc1)c1ccccc1)c1cccc2c1c1ccccc1n2-c1ccccc1. The lowest BCUT2D eigenvalue weighted by atomic mass is 9.67. The Morgan fingerprint density at radius 2 is 1.06 bits per heavy atom. The van der Waals surface area contributed by atoms with E-state index in [4.69, 9.17) is 15.3 Å². The van der Waals surface area contributed by atoms with E-state index in [0.29, 0.717) is 5.70 Å². The van der Waals surface area contributed by atoms with Crippen molar-refractivity contribution in [1.82, 2.24) is 4.57 Å². The second kappa shape index (κ2) is 16.3. The molecule has 0 amide bonds. The van der Waals surface area contributed by atoms with Crippen LogP contribution in [0.3, 0.4) is 0 Å². The maximum absolute atomic E-state index is 7.40. The maximum atomic E-state index is 7.40. The molecule has 3 heterocycles. The number of hydrogen-bond acceptors (Lipinski definition) is 3. The Hall–Kier alpha value is -9.56. The Morgan fingerprint density at radius 1 is 0.486 bits per heavy atom. The number of fused-ring (bicyclic) bond motifs is 14. The van der Waals surface area contributed by atoms with Crippen molar-refractivity contribution in [3.63, 3.8) is 0 Å². The third-order valence-electron chi connectivity index (χ3n) is 14.9. The van der Waals surface area contributed by atoms with Crippen LogP contribution in [0.1, 0.15) is 34.7 Å². The molecule has 3 aromatic heterocycles. The number of furan rings is 2. The summed E-state index contributed by atoms with van der Waals surface area (Å²) in [5, 5.41) is 6.25. The monoisotopic (exact) mass is 920 g/mol. The topological polar surface area (TPSA) is 34.5 Å². The predicted octanol–water partition coefficient (Wildman–Crippen LogP) is 17.7. The highest BCUT2D eigenvalue weighted by atomic mass is 16.3. The summed E-state index contributed by atoms with van der Waals surface area (Å²) < 4.78 is 16.8. The fraction of sp³-hybridized carbons (Fsp3) is 0.0294. The molecular formula is C68H44N2O2. The van der Waals surface area contributed by atoms with Crippen molar-refractivity contribution in [2.45, 2.75) is 12.3 Å². The van der Waals surface area contributed by atoms with Crippen molar-refractivity contribution >= 4 is 82.6 Å². The van der Waals surface area contributed by atoms with Crippen LogP contribution in [-0.2, 0) is 5.41 Å². The molecular weight excluding hydrogens is 877 g/mol. The molecule has 4 nitrogen and oxygen atoms in total. The largest absolute Gasteiger partial charge is 0.455 e. The van der Waals surface area contributed by atoms with Crippen molar-refractivity contribution in [3.05, 3.63) is 276 Å². The van der Waals surface area contributed by atoms with E-state index in [0.717, 1.165) is 127 Å². The summed E-state index contributed by atoms with van der Waals surface area (Å²) >= 11 is 0. The zero-order valence-electron chi connectivity index (χ0n) is 39.4. The van der Waals surface area contributed by atoms with Crippen LogP contribution in [0, 0.1) is 12.3 Å². The van der Waals surface area contributed by atoms with E-state index in [-0.39, 0.29) is 0 Å². The number of hydrogen-bond donors (Lipinski definition) is 0. The summed E-state index contributed by atoms with van der Waals surface area (Å²) in [4.78, 5) is 2.32. The van der Waals surface area contributed by atoms with Crippen molar-refractivity contribution in [2.75, 3.05) is 4.90 Å². The van der Waals surface area contributed by atoms with Crippen molar-refractivity contribution in [1.29, 1.82) is 0 Å². The molecule has 338 valence electrons. The van der Waals surface area contributed by atoms with Crippen LogP contribution in [0.2, 0.25) is 0 Å². The zero-order valence-corrected chi connectivity index (χ0v) is 39.4. The Bertz CT molecular complexity index is 4350. The summed E-state index contributed by atoms with van der Waals surface area (Å²) in [5.41, 5.74) is 16.8. The number of allylic oxidation sites excluding steroid dienone is 4. The standard InChI is InChI=1S/C68H44N2O2/c1-3-48(40-39-44(2)45-23-8-4-9-24-45)69(57-35-22-36-58-62(57)52-32-16-19-34-56(52)70(58)49-29-14-7-15-30-49)59-43-55-65(67-63(59)53-33-18-21-38-61(53)72-67)64-54(42-41-51-50-31-17-20-37-60(50)71-66(51)64)68(55,46-25-10-5-11-26-46)47-27-12-6-13-28-47/h1,4-43H,2H3/b44-39+,48-40+. The van der Waals surface area contributed by atoms with Gasteiger partial charge < -0.3 is 18.3 Å². The predicted molar refractivity (Wildman–Crippen MR) is 298 cm³/mol. The summed E-state index contributed by atoms with van der Waals surface area (Å²) in [6.45, 7) is 2.14. The van der Waals surface area contributed by atoms with Gasteiger partial charge in [0.2, 0.25) is 0 Å². The van der Waals surface area contributed by atoms with E-state index in [1.54, 1.807) is 0 Å². The number of aromatic nitrogens is 1. The average molecular weight is 921 g/mol. The Labute approximate surface area is 416 Å². The van der Waals surface area contributed by atoms with Gasteiger partial charge in [-0.05, 0) is 94.9 Å². The third kappa shape index (κ3) is 5.95. The first-order valence-corrected chi connectivity index (χ1v) is 24.5. The van der Waals surface area contributed by atoms with E-state index in [1.807, 2.05) is 12.1 Å². The lowest BCUT2D eigenvalue weighted by Crippen LogP contribution is -2.29. The zero-order chi connectivity index (χ0) is 47.9. The van der Waals surface area contributed by atoms with E-state index >= 15 is 0 Å². The molecule has 10 aromatic carbocycles. The smallest absolute Gasteiger partial charge is 0.145 e. The van der Waals surface area contributed by atoms with Crippen molar-refractivity contribution in [3.8, 4) is 29.2 Å². The van der Waals surface area contributed by atoms with E-state index < -0.39 is 5.41 Å². The van der Waals surface area contributed by atoms with Gasteiger partial charge in [-0.2, -0.15) is 0 Å². The van der Waals surface area contributed by atoms with E-state index in [2.05, 4.69) is 253 Å². The molecule has 4 heteroatoms. The van der Waals surface area contributed by atoms with Crippen molar-refractivity contribution < 1.29 is 8.83 Å². The van der Waals surface area contributed by atoms with Crippen LogP contribution in [-0.4, -0.2) is 4.57 Å². The average Bonchev–Trinajstić information content (AvgIpc) is 4.20. The molecule has 0 saturated carbocycles. The normalized spacial score (nSPS) is 13.3. The fourth-order valence-corrected chi connectivity index (χ4v) is 11.9. The number of terminal acetylenes is 1. The molecule has 0 atom stereocenters. The maximum Gasteiger partial charge on any atom is 0.145 e. The first-order valence-electron chi connectivity index (χ1n) is 24.5. The number of anilines is 2. The molecule has 0 saturated heterocycles. The molecule has 1 aliphatic rings. The molecule has 0 unspecified atom stereocenters. The number of benzene rings is 10. The van der Waals surface area contributed by atoms with Crippen LogP contribution in [0.5, 0.6) is 0 Å². The summed E-state index contributed by atoms with van der Waals surface area (Å²) in [7, 11) is 0. The minimum Gasteiger partial charge on any atom is -0.455 e. The molecule has 0 aliphatic heterocycles. The third-order valence-corrected chi connectivity index (χ3v) is 14.9. The van der Waals surface area contributed by atoms with Crippen LogP contribution in [0.15, 0.2) is 257 Å². The van der Waals surface area contributed by atoms with Gasteiger partial charge >= 0.3 is 0 Å². The second-order valence-corrected chi connectivity index (χ2v) is 18.7. The van der Waals surface area contributed by atoms with E-state index in [9.17, 15) is 0 Å². The lowest BCUT2D eigenvalue weighted by molar-refractivity contribution is 0.665. The van der Waals surface area contributed by atoms with Gasteiger partial charge in [-0.25, -0.2) is 0 Å². The number of para-hydroxylation sites is 4. The second-order valence-electron chi connectivity index (χ2n) is 18.7. The van der Waals surface area contributed by atoms with Crippen LogP contribution < -0.4 is 4.90 Å². The minimum absolute atomic E-state index is 0.668. The van der Waals surface area contributed by atoms with Gasteiger partial charge in [-0.15, -0.1) is 6.42 Å². The highest BCUT2D eigenvalue weighted by molar-refractivity contribution is 6.24. The number of nitrogens with zero attached hydrogens (tertiary/aromatic N) is 2. The molecule has 13 aromatic rings. The van der Waals surface area contributed by atoms with Gasteiger partial charge in [0.05, 0.1) is 38.9 Å². The molecule has 14 rings (SSSR count). The van der Waals surface area contributed by atoms with Gasteiger partial charge in [0, 0.05) is 43.7 Å². The molecule has 72 heavy (non-hydrogen) atoms. The summed E-state index contributed by atoms with van der Waals surface area (Å²) in [6.07, 6.45) is 11.2. The molecule has 0 bridgehead atoms. The van der Waals surface area contributed by atoms with Gasteiger partial charge in [0.1, 0.15) is 22.3 Å². The Kier molecular flexibility index (Phi) is 9.36. The van der Waals surface area contributed by atoms with Crippen LogP contribution >= 0.6 is 0 Å². The molecule has 0 spiro atoms. The highest BCUT2D eigenvalue weighted by Crippen LogP contribution is 2.62. The highest BCUT2D eigenvalue weighted by Gasteiger charge is 2.50. The summed E-state index contributed by atoms with van der Waals surface area (Å²) in [6, 6.07) is 81.9. The first-order chi connectivity index (χ1) is 35.6. The Balaban J connectivity index is 1.18. The van der Waals surface area contributed by atoms with Crippen LogP contribution in [0.4, 0.5) is 11.4 Å². The fourth-order valence-electron chi connectivity index (χ4n) is 11.9. The molecule has 0 radical (unpaired) electrons. The molecule has 0 N–H and O–H groups in total. The van der Waals surface area contributed by atoms with E-state index in [1.165, 1.54) is 0 Å². The van der Waals surface area contributed by atoms with Gasteiger partial charge in [-0.1, -0.05) is 194 Å². The number of rotatable bonds is 8. The van der Waals surface area contributed by atoms with Gasteiger partial charge in [0.15, 0.2) is 0 Å². The van der Waals surface area contributed by atoms with Gasteiger partial charge in [-0.3, -0.25) is 0 Å². The lowest BCUT2D eigenvalue weighted by Gasteiger charge is -2.35. The van der Waals surface area contributed by atoms with Crippen LogP contribution in [0.25, 0.3) is 88.1 Å². The van der Waals surface area contributed by atoms with Gasteiger partial charge in [0.25, 0.3) is 0 Å². The quantitative estimate of drug-likeness (QED) is 0.112. The molecule has 0 fully saturated rings. The Morgan fingerprint density at radius 3 is 1.76 bits per heavy atom. The molecule has 1 aliphatic carbocycles.